The number of aromatic amines is 2. The van der Waals surface area contributed by atoms with E-state index in [1.807, 2.05) is 6.92 Å². The fourth-order valence-electron chi connectivity index (χ4n) is 13.5. The number of hydrogen-bond acceptors (Lipinski definition) is 12. The van der Waals surface area contributed by atoms with Gasteiger partial charge in [-0.3, -0.25) is 9.59 Å². The number of benzene rings is 3. The van der Waals surface area contributed by atoms with Crippen molar-refractivity contribution in [3.05, 3.63) is 82.4 Å². The van der Waals surface area contributed by atoms with Gasteiger partial charge in [-0.1, -0.05) is 6.92 Å². The van der Waals surface area contributed by atoms with Gasteiger partial charge in [-0.15, -0.1) is 0 Å². The molecule has 0 aliphatic carbocycles. The highest BCUT2D eigenvalue weighted by Crippen LogP contribution is 2.56. The maximum absolute atomic E-state index is 17.3. The second kappa shape index (κ2) is 21.3. The highest BCUT2D eigenvalue weighted by molar-refractivity contribution is 5.86. The van der Waals surface area contributed by atoms with E-state index in [1.54, 1.807) is 38.7 Å². The lowest BCUT2D eigenvalue weighted by Gasteiger charge is -2.43. The van der Waals surface area contributed by atoms with E-state index in [9.17, 15) is 19.2 Å². The average molecular weight is 1070 g/mol. The van der Waals surface area contributed by atoms with E-state index in [2.05, 4.69) is 9.97 Å². The summed E-state index contributed by atoms with van der Waals surface area (Å²) >= 11 is 0. The van der Waals surface area contributed by atoms with Gasteiger partial charge >= 0.3 is 12.2 Å². The third-order valence-electron chi connectivity index (χ3n) is 17.5. The van der Waals surface area contributed by atoms with Crippen LogP contribution < -0.4 is 21.3 Å². The molecular weight excluding hydrogens is 1000 g/mol. The molecule has 11 rings (SSSR count). The molecule has 412 valence electrons. The molecule has 4 amide bonds. The quantitative estimate of drug-likeness (QED) is 0.0862. The summed E-state index contributed by atoms with van der Waals surface area (Å²) in [5, 5.41) is 0. The Bertz CT molecular complexity index is 3040. The Labute approximate surface area is 442 Å². The van der Waals surface area contributed by atoms with Gasteiger partial charge in [0.2, 0.25) is 0 Å². The lowest BCUT2D eigenvalue weighted by Crippen LogP contribution is -2.47. The number of nitrogens with two attached hydrogens (primary N) is 2. The Balaban J connectivity index is 0.955. The standard InChI is InChI=1S/C55H66F4N10O8/c1-29-22-45(33-25-39-41(27-35(33)56)64-49(62-39)43-8-6-16-67(43)51(70)47(76-53(60)72)30-10-18-74-19-11-30)69(32-23-37(58)46(38(59)24-32)66-14-4-3-5-15-66)55(29,2)34-26-40-42(28-36(34)57)65-50(63-40)44-9-7-17-68(44)52(71)48(77-54(61)73)31-12-20-75-21-13-31/h23-31,43-45,47-48H,3-22H2,1-2H3,(H2,60,72)(H2,61,73)(H,62,64)(H,63,65)/t29?,43?,44?,45?,47-,48-,55+/m0/s1. The molecule has 7 atom stereocenters. The number of piperidine rings is 1. The van der Waals surface area contributed by atoms with Crippen LogP contribution in [0.5, 0.6) is 0 Å². The van der Waals surface area contributed by atoms with Crippen molar-refractivity contribution in [3.8, 4) is 0 Å². The average Bonchev–Trinajstić information content (AvgIpc) is 4.30. The molecule has 5 aromatic rings. The Hall–Kier alpha value is -6.68. The minimum absolute atomic E-state index is 0.0851. The van der Waals surface area contributed by atoms with Crippen LogP contribution in [-0.4, -0.2) is 119 Å². The van der Waals surface area contributed by atoms with Gasteiger partial charge in [0.1, 0.15) is 29.0 Å². The Morgan fingerprint density at radius 1 is 0.636 bits per heavy atom. The Morgan fingerprint density at radius 2 is 1.13 bits per heavy atom. The zero-order valence-corrected chi connectivity index (χ0v) is 43.3. The third kappa shape index (κ3) is 9.77. The largest absolute Gasteiger partial charge is 0.436 e. The highest BCUT2D eigenvalue weighted by atomic mass is 19.1. The van der Waals surface area contributed by atoms with Gasteiger partial charge < -0.3 is 60.0 Å². The summed E-state index contributed by atoms with van der Waals surface area (Å²) in [5.74, 6) is -3.92. The minimum Gasteiger partial charge on any atom is -0.436 e. The van der Waals surface area contributed by atoms with E-state index in [4.69, 9.17) is 40.4 Å². The fourth-order valence-corrected chi connectivity index (χ4v) is 13.5. The highest BCUT2D eigenvalue weighted by Gasteiger charge is 2.53. The van der Waals surface area contributed by atoms with Crippen molar-refractivity contribution < 1.29 is 55.7 Å². The first-order valence-corrected chi connectivity index (χ1v) is 27.2. The zero-order valence-electron chi connectivity index (χ0n) is 43.3. The minimum atomic E-state index is -1.38. The molecule has 6 N–H and O–H groups in total. The van der Waals surface area contributed by atoms with Gasteiger partial charge in [0.05, 0.1) is 45.7 Å². The summed E-state index contributed by atoms with van der Waals surface area (Å²) in [7, 11) is 0. The molecule has 3 aromatic carbocycles. The number of H-pyrrole nitrogens is 2. The van der Waals surface area contributed by atoms with Crippen molar-refractivity contribution in [1.29, 1.82) is 0 Å². The van der Waals surface area contributed by atoms with Crippen LogP contribution in [0.1, 0.15) is 132 Å². The smallest absolute Gasteiger partial charge is 0.405 e. The molecule has 77 heavy (non-hydrogen) atoms. The molecule has 2 aromatic heterocycles. The van der Waals surface area contributed by atoms with Gasteiger partial charge in [0.15, 0.2) is 23.8 Å². The number of fused-ring (bicyclic) bond motifs is 2. The number of imidazole rings is 2. The molecule has 18 nitrogen and oxygen atoms in total. The first kappa shape index (κ1) is 52.4. The first-order chi connectivity index (χ1) is 37.1. The molecule has 6 aliphatic rings. The monoisotopic (exact) mass is 1070 g/mol. The predicted molar refractivity (Wildman–Crippen MR) is 274 cm³/mol. The molecule has 0 spiro atoms. The number of hydrogen-bond donors (Lipinski definition) is 4. The molecule has 8 heterocycles. The number of primary amides is 2. The number of rotatable bonds is 12. The SMILES string of the molecule is CC1CC(c2cc3[nH]c(C4CCCN4C(=O)[C@@H](OC(N)=O)C4CCOCC4)nc3cc2F)N(c2cc(F)c(N3CCCCC3)c(F)c2)[C@@]1(C)c1cc2[nH]c(C3CCCN3C(=O)[C@@H](OC(N)=O)C3CCOCC3)nc2cc1F. The van der Waals surface area contributed by atoms with Crippen LogP contribution in [0, 0.1) is 41.0 Å². The number of amides is 4. The van der Waals surface area contributed by atoms with Crippen molar-refractivity contribution in [2.45, 2.75) is 127 Å². The number of carbonyl (C=O) groups is 4. The van der Waals surface area contributed by atoms with Crippen LogP contribution >= 0.6 is 0 Å². The number of nitrogens with zero attached hydrogens (tertiary/aromatic N) is 6. The number of anilines is 2. The second-order valence-electron chi connectivity index (χ2n) is 22.0. The normalized spacial score (nSPS) is 25.5. The van der Waals surface area contributed by atoms with Crippen molar-refractivity contribution in [2.75, 3.05) is 62.4 Å². The summed E-state index contributed by atoms with van der Waals surface area (Å²) in [4.78, 5) is 75.6. The van der Waals surface area contributed by atoms with E-state index in [0.717, 1.165) is 19.3 Å². The van der Waals surface area contributed by atoms with E-state index in [-0.39, 0.29) is 51.8 Å². The number of likely N-dealkylation sites (tertiary alicyclic amines) is 2. The topological polar surface area (TPSA) is 228 Å². The number of ether oxygens (including phenoxy) is 4. The van der Waals surface area contributed by atoms with Crippen LogP contribution in [0.15, 0.2) is 36.4 Å². The van der Waals surface area contributed by atoms with Crippen molar-refractivity contribution in [2.24, 2.45) is 29.2 Å². The molecule has 0 saturated carbocycles. The molecule has 4 unspecified atom stereocenters. The lowest BCUT2D eigenvalue weighted by molar-refractivity contribution is -0.146. The van der Waals surface area contributed by atoms with E-state index in [1.165, 1.54) is 24.3 Å². The van der Waals surface area contributed by atoms with Gasteiger partial charge in [-0.05, 0) is 114 Å². The molecule has 22 heteroatoms. The van der Waals surface area contributed by atoms with Gasteiger partial charge in [-0.25, -0.2) is 37.1 Å². The van der Waals surface area contributed by atoms with E-state index >= 15 is 17.6 Å². The first-order valence-electron chi connectivity index (χ1n) is 27.2. The number of halogens is 4. The van der Waals surface area contributed by atoms with Crippen molar-refractivity contribution in [3.63, 3.8) is 0 Å². The van der Waals surface area contributed by atoms with E-state index in [0.29, 0.717) is 127 Å². The molecule has 0 bridgehead atoms. The van der Waals surface area contributed by atoms with Gasteiger partial charge in [-0.2, -0.15) is 0 Å². The third-order valence-corrected chi connectivity index (χ3v) is 17.5. The number of aromatic nitrogens is 4. The number of carbonyl (C=O) groups excluding carboxylic acids is 4. The summed E-state index contributed by atoms with van der Waals surface area (Å²) in [6.07, 6.45) is 2.77. The molecular formula is C55H66F4N10O8. The second-order valence-corrected chi connectivity index (χ2v) is 22.0. The van der Waals surface area contributed by atoms with Crippen LogP contribution in [0.2, 0.25) is 0 Å². The van der Waals surface area contributed by atoms with E-state index < -0.39 is 89.1 Å². The Morgan fingerprint density at radius 3 is 1.64 bits per heavy atom. The maximum Gasteiger partial charge on any atom is 0.405 e. The van der Waals surface area contributed by atoms with Gasteiger partial charge in [0, 0.05) is 93.4 Å². The van der Waals surface area contributed by atoms with Gasteiger partial charge in [0.25, 0.3) is 11.8 Å². The molecule has 6 fully saturated rings. The van der Waals surface area contributed by atoms with Crippen LogP contribution in [0.25, 0.3) is 22.1 Å². The van der Waals surface area contributed by atoms with Crippen LogP contribution in [0.3, 0.4) is 0 Å². The van der Waals surface area contributed by atoms with Crippen molar-refractivity contribution >= 4 is 57.4 Å². The molecule has 6 aliphatic heterocycles. The summed E-state index contributed by atoms with van der Waals surface area (Å²) in [6, 6.07) is 6.37. The van der Waals surface area contributed by atoms with Crippen molar-refractivity contribution in [1.82, 2.24) is 29.7 Å². The zero-order chi connectivity index (χ0) is 53.9. The molecule has 6 saturated heterocycles. The van der Waals surface area contributed by atoms with Crippen LogP contribution in [-0.2, 0) is 34.1 Å². The fraction of sp³-hybridized carbons (Fsp3) is 0.564. The number of nitrogens with one attached hydrogen (secondary N) is 2. The summed E-state index contributed by atoms with van der Waals surface area (Å²) < 4.78 is 89.8. The summed E-state index contributed by atoms with van der Waals surface area (Å²) in [6.45, 7) is 7.06. The maximum atomic E-state index is 17.3. The lowest BCUT2D eigenvalue weighted by atomic mass is 9.80. The molecule has 0 radical (unpaired) electrons. The Kier molecular flexibility index (Phi) is 14.5. The van der Waals surface area contributed by atoms with Crippen LogP contribution in [0.4, 0.5) is 38.5 Å². The predicted octanol–water partition coefficient (Wildman–Crippen LogP) is 8.60. The summed E-state index contributed by atoms with van der Waals surface area (Å²) in [5.41, 5.74) is 11.3.